The van der Waals surface area contributed by atoms with E-state index in [9.17, 15) is 0 Å². The van der Waals surface area contributed by atoms with Crippen molar-refractivity contribution in [3.8, 4) is 0 Å². The molecule has 1 saturated heterocycles. The van der Waals surface area contributed by atoms with Crippen LogP contribution in [0.25, 0.3) is 0 Å². The zero-order valence-electron chi connectivity index (χ0n) is 10.7. The summed E-state index contributed by atoms with van der Waals surface area (Å²) in [5.41, 5.74) is 6.25. The van der Waals surface area contributed by atoms with E-state index >= 15 is 0 Å². The Morgan fingerprint density at radius 3 is 2.94 bits per heavy atom. The summed E-state index contributed by atoms with van der Waals surface area (Å²) in [6.07, 6.45) is 3.69. The Morgan fingerprint density at radius 2 is 2.29 bits per heavy atom. The molecule has 1 aliphatic rings. The first-order valence-electron chi connectivity index (χ1n) is 5.94. The number of anilines is 1. The van der Waals surface area contributed by atoms with Crippen LogP contribution in [0.1, 0.15) is 26.5 Å². The molecular formula is C12H20N4O. The highest BCUT2D eigenvalue weighted by Crippen LogP contribution is 2.24. The third-order valence-electron chi connectivity index (χ3n) is 2.77. The van der Waals surface area contributed by atoms with Crippen LogP contribution in [0.15, 0.2) is 12.4 Å². The SMILES string of the molecule is CC1CN(c2cncc(CN)n2)CC(C)(C)O1. The second-order valence-corrected chi connectivity index (χ2v) is 5.14. The molecule has 0 amide bonds. The molecular weight excluding hydrogens is 216 g/mol. The third-order valence-corrected chi connectivity index (χ3v) is 2.77. The standard InChI is InChI=1S/C12H20N4O/c1-9-7-16(8-12(2,3)17-9)11-6-14-5-10(4-13)15-11/h5-6,9H,4,7-8,13H2,1-3H3. The van der Waals surface area contributed by atoms with Gasteiger partial charge in [0.25, 0.3) is 0 Å². The molecule has 2 rings (SSSR count). The summed E-state index contributed by atoms with van der Waals surface area (Å²) in [6.45, 7) is 8.34. The summed E-state index contributed by atoms with van der Waals surface area (Å²) in [5.74, 6) is 0.885. The fourth-order valence-electron chi connectivity index (χ4n) is 2.27. The maximum atomic E-state index is 5.87. The van der Waals surface area contributed by atoms with Crippen LogP contribution < -0.4 is 10.6 Å². The minimum absolute atomic E-state index is 0.155. The number of ether oxygens (including phenoxy) is 1. The zero-order chi connectivity index (χ0) is 12.5. The van der Waals surface area contributed by atoms with Crippen molar-refractivity contribution in [2.24, 2.45) is 5.73 Å². The van der Waals surface area contributed by atoms with Gasteiger partial charge in [0.05, 0.1) is 23.6 Å². The Balaban J connectivity index is 2.20. The maximum absolute atomic E-state index is 5.87. The summed E-state index contributed by atoms with van der Waals surface area (Å²) in [6, 6.07) is 0. The average Bonchev–Trinajstić information content (AvgIpc) is 2.26. The van der Waals surface area contributed by atoms with Crippen molar-refractivity contribution in [1.82, 2.24) is 9.97 Å². The molecule has 1 aromatic heterocycles. The zero-order valence-corrected chi connectivity index (χ0v) is 10.7. The second kappa shape index (κ2) is 4.58. The molecule has 1 aliphatic heterocycles. The number of hydrogen-bond donors (Lipinski definition) is 1. The summed E-state index contributed by atoms with van der Waals surface area (Å²) in [7, 11) is 0. The second-order valence-electron chi connectivity index (χ2n) is 5.14. The van der Waals surface area contributed by atoms with E-state index in [2.05, 4.69) is 35.6 Å². The van der Waals surface area contributed by atoms with Crippen molar-refractivity contribution in [3.63, 3.8) is 0 Å². The molecule has 94 valence electrons. The molecule has 1 fully saturated rings. The van der Waals surface area contributed by atoms with E-state index in [4.69, 9.17) is 10.5 Å². The summed E-state index contributed by atoms with van der Waals surface area (Å²) in [5, 5.41) is 0. The van der Waals surface area contributed by atoms with Gasteiger partial charge in [-0.3, -0.25) is 4.98 Å². The van der Waals surface area contributed by atoms with E-state index in [1.807, 2.05) is 0 Å². The minimum Gasteiger partial charge on any atom is -0.369 e. The number of rotatable bonds is 2. The van der Waals surface area contributed by atoms with Gasteiger partial charge in [0.2, 0.25) is 0 Å². The van der Waals surface area contributed by atoms with E-state index in [0.29, 0.717) is 6.54 Å². The summed E-state index contributed by atoms with van der Waals surface area (Å²) >= 11 is 0. The van der Waals surface area contributed by atoms with Crippen LogP contribution in [0.3, 0.4) is 0 Å². The van der Waals surface area contributed by atoms with Crippen LogP contribution in [-0.2, 0) is 11.3 Å². The van der Waals surface area contributed by atoms with Gasteiger partial charge in [-0.2, -0.15) is 0 Å². The van der Waals surface area contributed by atoms with Crippen molar-refractivity contribution in [2.45, 2.75) is 39.0 Å². The lowest BCUT2D eigenvalue weighted by Crippen LogP contribution is -2.52. The first kappa shape index (κ1) is 12.3. The highest BCUT2D eigenvalue weighted by molar-refractivity contribution is 5.38. The first-order chi connectivity index (χ1) is 8.00. The smallest absolute Gasteiger partial charge is 0.147 e. The van der Waals surface area contributed by atoms with Crippen molar-refractivity contribution in [3.05, 3.63) is 18.1 Å². The molecule has 2 N–H and O–H groups in total. The molecule has 0 saturated carbocycles. The van der Waals surface area contributed by atoms with Gasteiger partial charge >= 0.3 is 0 Å². The van der Waals surface area contributed by atoms with Gasteiger partial charge in [0.1, 0.15) is 5.82 Å². The lowest BCUT2D eigenvalue weighted by molar-refractivity contribution is -0.0751. The van der Waals surface area contributed by atoms with E-state index in [0.717, 1.165) is 24.6 Å². The lowest BCUT2D eigenvalue weighted by Gasteiger charge is -2.42. The number of nitrogens with zero attached hydrogens (tertiary/aromatic N) is 3. The van der Waals surface area contributed by atoms with Crippen LogP contribution >= 0.6 is 0 Å². The summed E-state index contributed by atoms with van der Waals surface area (Å²) < 4.78 is 5.87. The Labute approximate surface area is 102 Å². The van der Waals surface area contributed by atoms with E-state index in [1.165, 1.54) is 0 Å². The predicted molar refractivity (Wildman–Crippen MR) is 66.8 cm³/mol. The van der Waals surface area contributed by atoms with E-state index < -0.39 is 0 Å². The Morgan fingerprint density at radius 1 is 1.53 bits per heavy atom. The van der Waals surface area contributed by atoms with Gasteiger partial charge in [-0.1, -0.05) is 0 Å². The quantitative estimate of drug-likeness (QED) is 0.828. The van der Waals surface area contributed by atoms with Crippen molar-refractivity contribution in [1.29, 1.82) is 0 Å². The normalized spacial score (nSPS) is 23.8. The molecule has 0 spiro atoms. The maximum Gasteiger partial charge on any atom is 0.147 e. The van der Waals surface area contributed by atoms with E-state index in [-0.39, 0.29) is 11.7 Å². The highest BCUT2D eigenvalue weighted by atomic mass is 16.5. The van der Waals surface area contributed by atoms with Gasteiger partial charge in [0, 0.05) is 25.8 Å². The van der Waals surface area contributed by atoms with Gasteiger partial charge in [-0.15, -0.1) is 0 Å². The Bertz CT molecular complexity index is 394. The van der Waals surface area contributed by atoms with Crippen LogP contribution in [0.4, 0.5) is 5.82 Å². The van der Waals surface area contributed by atoms with E-state index in [1.54, 1.807) is 12.4 Å². The molecule has 0 bridgehead atoms. The van der Waals surface area contributed by atoms with Crippen LogP contribution in [0, 0.1) is 0 Å². The molecule has 1 aromatic rings. The fourth-order valence-corrected chi connectivity index (χ4v) is 2.27. The van der Waals surface area contributed by atoms with Gasteiger partial charge in [0.15, 0.2) is 0 Å². The Kier molecular flexibility index (Phi) is 3.31. The molecule has 0 aromatic carbocycles. The molecule has 0 radical (unpaired) electrons. The van der Waals surface area contributed by atoms with Crippen molar-refractivity contribution in [2.75, 3.05) is 18.0 Å². The topological polar surface area (TPSA) is 64.3 Å². The average molecular weight is 236 g/mol. The molecule has 1 atom stereocenters. The number of morpholine rings is 1. The largest absolute Gasteiger partial charge is 0.369 e. The first-order valence-corrected chi connectivity index (χ1v) is 5.94. The number of hydrogen-bond acceptors (Lipinski definition) is 5. The Hall–Kier alpha value is -1.20. The summed E-state index contributed by atoms with van der Waals surface area (Å²) in [4.78, 5) is 10.9. The number of aromatic nitrogens is 2. The highest BCUT2D eigenvalue weighted by Gasteiger charge is 2.32. The number of nitrogens with two attached hydrogens (primary N) is 1. The van der Waals surface area contributed by atoms with Crippen LogP contribution in [0.5, 0.6) is 0 Å². The lowest BCUT2D eigenvalue weighted by atomic mass is 10.1. The van der Waals surface area contributed by atoms with Crippen LogP contribution in [-0.4, -0.2) is 34.8 Å². The van der Waals surface area contributed by atoms with Crippen molar-refractivity contribution < 1.29 is 4.74 Å². The fraction of sp³-hybridized carbons (Fsp3) is 0.667. The van der Waals surface area contributed by atoms with Crippen LogP contribution in [0.2, 0.25) is 0 Å². The monoisotopic (exact) mass is 236 g/mol. The van der Waals surface area contributed by atoms with Gasteiger partial charge in [-0.05, 0) is 20.8 Å². The molecule has 17 heavy (non-hydrogen) atoms. The van der Waals surface area contributed by atoms with Gasteiger partial charge < -0.3 is 15.4 Å². The molecule has 5 nitrogen and oxygen atoms in total. The van der Waals surface area contributed by atoms with Crippen molar-refractivity contribution >= 4 is 5.82 Å². The third kappa shape index (κ3) is 2.92. The molecule has 1 unspecified atom stereocenters. The molecule has 5 heteroatoms. The predicted octanol–water partition coefficient (Wildman–Crippen LogP) is 0.939. The van der Waals surface area contributed by atoms with Gasteiger partial charge in [-0.25, -0.2) is 4.98 Å². The minimum atomic E-state index is -0.155. The molecule has 0 aliphatic carbocycles. The molecule has 2 heterocycles.